The Morgan fingerprint density at radius 2 is 2.22 bits per heavy atom. The Hall–Kier alpha value is -1.78. The minimum absolute atomic E-state index is 0.166. The zero-order chi connectivity index (χ0) is 12.7. The number of benzene rings is 1. The highest BCUT2D eigenvalue weighted by atomic mass is 16.6. The van der Waals surface area contributed by atoms with Crippen LogP contribution in [-0.4, -0.2) is 24.6 Å². The van der Waals surface area contributed by atoms with E-state index in [1.54, 1.807) is 19.2 Å². The predicted octanol–water partition coefficient (Wildman–Crippen LogP) is 2.63. The number of hydrogen-bond acceptors (Lipinski definition) is 4. The van der Waals surface area contributed by atoms with Crippen molar-refractivity contribution in [2.75, 3.05) is 23.8 Å². The van der Waals surface area contributed by atoms with Gasteiger partial charge >= 0.3 is 0 Å². The largest absolute Gasteiger partial charge is 0.388 e. The van der Waals surface area contributed by atoms with E-state index >= 15 is 0 Å². The van der Waals surface area contributed by atoms with Crippen LogP contribution >= 0.6 is 0 Å². The van der Waals surface area contributed by atoms with E-state index in [1.165, 1.54) is 19.3 Å². The normalized spacial score (nSPS) is 25.5. The molecular formula is C13H17N3O2. The van der Waals surface area contributed by atoms with Crippen molar-refractivity contribution in [2.24, 2.45) is 5.92 Å². The highest BCUT2D eigenvalue weighted by Gasteiger charge is 2.38. The number of hydrogen-bond donors (Lipinski definition) is 1. The van der Waals surface area contributed by atoms with Crippen LogP contribution in [0.25, 0.3) is 0 Å². The average molecular weight is 247 g/mol. The molecule has 3 rings (SSSR count). The Labute approximate surface area is 106 Å². The molecule has 1 aliphatic carbocycles. The molecule has 1 heterocycles. The summed E-state index contributed by atoms with van der Waals surface area (Å²) in [5.41, 5.74) is 1.96. The maximum Gasteiger partial charge on any atom is 0.273 e. The first-order chi connectivity index (χ1) is 8.67. The van der Waals surface area contributed by atoms with Gasteiger partial charge in [-0.15, -0.1) is 0 Å². The molecular weight excluding hydrogens is 230 g/mol. The molecule has 96 valence electrons. The lowest BCUT2D eigenvalue weighted by Crippen LogP contribution is -2.31. The Balaban J connectivity index is 1.96. The number of piperidine rings is 1. The van der Waals surface area contributed by atoms with Crippen LogP contribution in [0.4, 0.5) is 17.1 Å². The van der Waals surface area contributed by atoms with Crippen LogP contribution in [0.3, 0.4) is 0 Å². The molecule has 1 saturated carbocycles. The van der Waals surface area contributed by atoms with Crippen LogP contribution in [-0.2, 0) is 0 Å². The quantitative estimate of drug-likeness (QED) is 0.659. The van der Waals surface area contributed by atoms with E-state index in [0.717, 1.165) is 23.8 Å². The smallest absolute Gasteiger partial charge is 0.273 e. The van der Waals surface area contributed by atoms with E-state index in [9.17, 15) is 10.1 Å². The van der Waals surface area contributed by atoms with Crippen molar-refractivity contribution in [1.29, 1.82) is 0 Å². The molecule has 0 spiro atoms. The van der Waals surface area contributed by atoms with Gasteiger partial charge in [-0.3, -0.25) is 10.1 Å². The number of nitro benzene ring substituents is 1. The van der Waals surface area contributed by atoms with Gasteiger partial charge in [0.1, 0.15) is 0 Å². The number of rotatable bonds is 3. The molecule has 5 nitrogen and oxygen atoms in total. The van der Waals surface area contributed by atoms with Gasteiger partial charge in [-0.1, -0.05) is 0 Å². The highest BCUT2D eigenvalue weighted by molar-refractivity contribution is 5.65. The second-order valence-electron chi connectivity index (χ2n) is 5.23. The Kier molecular flexibility index (Phi) is 2.61. The maximum atomic E-state index is 11.0. The zero-order valence-corrected chi connectivity index (χ0v) is 10.4. The second-order valence-corrected chi connectivity index (χ2v) is 5.23. The van der Waals surface area contributed by atoms with Gasteiger partial charge < -0.3 is 10.2 Å². The molecule has 5 heteroatoms. The van der Waals surface area contributed by atoms with Gasteiger partial charge in [0.05, 0.1) is 4.92 Å². The van der Waals surface area contributed by atoms with E-state index in [0.29, 0.717) is 6.04 Å². The molecule has 0 amide bonds. The van der Waals surface area contributed by atoms with E-state index in [4.69, 9.17) is 0 Å². The summed E-state index contributed by atoms with van der Waals surface area (Å²) in [4.78, 5) is 13.0. The van der Waals surface area contributed by atoms with Gasteiger partial charge in [0.15, 0.2) is 0 Å². The third-order valence-corrected chi connectivity index (χ3v) is 4.14. The summed E-state index contributed by atoms with van der Waals surface area (Å²) in [5.74, 6) is 0.785. The fraction of sp³-hybridized carbons (Fsp3) is 0.538. The molecule has 1 aromatic rings. The van der Waals surface area contributed by atoms with Crippen LogP contribution in [0.15, 0.2) is 18.2 Å². The first kappa shape index (κ1) is 11.3. The predicted molar refractivity (Wildman–Crippen MR) is 71.1 cm³/mol. The van der Waals surface area contributed by atoms with Crippen molar-refractivity contribution >= 4 is 17.1 Å². The molecule has 18 heavy (non-hydrogen) atoms. The van der Waals surface area contributed by atoms with E-state index in [-0.39, 0.29) is 10.6 Å². The van der Waals surface area contributed by atoms with Crippen molar-refractivity contribution in [3.05, 3.63) is 28.3 Å². The Morgan fingerprint density at radius 3 is 2.78 bits per heavy atom. The molecule has 2 bridgehead atoms. The summed E-state index contributed by atoms with van der Waals surface area (Å²) < 4.78 is 0. The zero-order valence-electron chi connectivity index (χ0n) is 10.4. The molecule has 2 aliphatic rings. The molecule has 0 radical (unpaired) electrons. The Bertz CT molecular complexity index is 489. The number of non-ortho nitro benzene ring substituents is 1. The molecule has 0 aromatic heterocycles. The van der Waals surface area contributed by atoms with Gasteiger partial charge in [0, 0.05) is 43.1 Å². The third kappa shape index (κ3) is 1.79. The minimum atomic E-state index is -0.321. The van der Waals surface area contributed by atoms with Gasteiger partial charge in [-0.2, -0.15) is 0 Å². The van der Waals surface area contributed by atoms with Crippen LogP contribution in [0.2, 0.25) is 0 Å². The van der Waals surface area contributed by atoms with Crippen molar-refractivity contribution < 1.29 is 4.92 Å². The number of nitro groups is 1. The molecule has 1 N–H and O–H groups in total. The van der Waals surface area contributed by atoms with Gasteiger partial charge in [0.25, 0.3) is 5.69 Å². The summed E-state index contributed by atoms with van der Waals surface area (Å²) in [6.07, 6.45) is 3.79. The maximum absolute atomic E-state index is 11.0. The van der Waals surface area contributed by atoms with Crippen molar-refractivity contribution in [3.8, 4) is 0 Å². The lowest BCUT2D eigenvalue weighted by Gasteiger charge is -2.29. The topological polar surface area (TPSA) is 58.4 Å². The number of fused-ring (bicyclic) bond motifs is 2. The lowest BCUT2D eigenvalue weighted by molar-refractivity contribution is -0.384. The first-order valence-corrected chi connectivity index (χ1v) is 6.41. The van der Waals surface area contributed by atoms with Gasteiger partial charge in [0.2, 0.25) is 0 Å². The molecule has 2 fully saturated rings. The van der Waals surface area contributed by atoms with Gasteiger partial charge in [-0.25, -0.2) is 0 Å². The monoisotopic (exact) mass is 247 g/mol. The van der Waals surface area contributed by atoms with Crippen molar-refractivity contribution in [1.82, 2.24) is 0 Å². The SMILES string of the molecule is CNc1cc(N2CC3CCC2C3)cc([N+](=O)[O-])c1. The van der Waals surface area contributed by atoms with Crippen LogP contribution < -0.4 is 10.2 Å². The summed E-state index contributed by atoms with van der Waals surface area (Å²) in [7, 11) is 1.79. The molecule has 1 saturated heterocycles. The summed E-state index contributed by atoms with van der Waals surface area (Å²) in [6.45, 7) is 1.05. The molecule has 1 aromatic carbocycles. The van der Waals surface area contributed by atoms with E-state index in [1.807, 2.05) is 6.07 Å². The first-order valence-electron chi connectivity index (χ1n) is 6.41. The van der Waals surface area contributed by atoms with Crippen LogP contribution in [0.1, 0.15) is 19.3 Å². The van der Waals surface area contributed by atoms with Crippen LogP contribution in [0, 0.1) is 16.0 Å². The summed E-state index contributed by atoms with van der Waals surface area (Å²) in [5, 5.41) is 14.0. The van der Waals surface area contributed by atoms with Gasteiger partial charge in [-0.05, 0) is 31.2 Å². The second kappa shape index (κ2) is 4.15. The molecule has 2 unspecified atom stereocenters. The molecule has 1 aliphatic heterocycles. The highest BCUT2D eigenvalue weighted by Crippen LogP contribution is 2.41. The standard InChI is InChI=1S/C13H17N3O2/c1-14-10-5-12(7-13(6-10)16(17)18)15-8-9-2-3-11(15)4-9/h5-7,9,11,14H,2-4,8H2,1H3. The third-order valence-electron chi connectivity index (χ3n) is 4.14. The van der Waals surface area contributed by atoms with E-state index < -0.39 is 0 Å². The fourth-order valence-electron chi connectivity index (χ4n) is 3.25. The Morgan fingerprint density at radius 1 is 1.39 bits per heavy atom. The molecule has 2 atom stereocenters. The van der Waals surface area contributed by atoms with Crippen LogP contribution in [0.5, 0.6) is 0 Å². The van der Waals surface area contributed by atoms with Crippen molar-refractivity contribution in [2.45, 2.75) is 25.3 Å². The lowest BCUT2D eigenvalue weighted by atomic mass is 10.1. The summed E-state index contributed by atoms with van der Waals surface area (Å²) in [6, 6.07) is 5.87. The van der Waals surface area contributed by atoms with Crippen molar-refractivity contribution in [3.63, 3.8) is 0 Å². The minimum Gasteiger partial charge on any atom is -0.388 e. The summed E-state index contributed by atoms with van der Waals surface area (Å²) >= 11 is 0. The number of anilines is 2. The van der Waals surface area contributed by atoms with E-state index in [2.05, 4.69) is 10.2 Å². The number of nitrogens with zero attached hydrogens (tertiary/aromatic N) is 2. The number of nitrogens with one attached hydrogen (secondary N) is 1. The average Bonchev–Trinajstić information content (AvgIpc) is 3.00. The fourth-order valence-corrected chi connectivity index (χ4v) is 3.25.